The Balaban J connectivity index is 2.41. The van der Waals surface area contributed by atoms with E-state index in [0.717, 1.165) is 24.0 Å². The van der Waals surface area contributed by atoms with E-state index in [-0.39, 0.29) is 5.60 Å². The van der Waals surface area contributed by atoms with Crippen LogP contribution in [-0.2, 0) is 22.6 Å². The van der Waals surface area contributed by atoms with Crippen molar-refractivity contribution >= 4 is 15.9 Å². The summed E-state index contributed by atoms with van der Waals surface area (Å²) in [4.78, 5) is 0. The monoisotopic (exact) mass is 343 g/mol. The van der Waals surface area contributed by atoms with Crippen LogP contribution in [0.2, 0.25) is 0 Å². The molecule has 1 aromatic carbocycles. The average Bonchev–Trinajstić information content (AvgIpc) is 2.43. The molecule has 4 heteroatoms. The maximum absolute atomic E-state index is 5.73. The summed E-state index contributed by atoms with van der Waals surface area (Å²) in [6.45, 7) is 9.46. The minimum atomic E-state index is -0.118. The van der Waals surface area contributed by atoms with E-state index < -0.39 is 0 Å². The largest absolute Gasteiger partial charge is 0.379 e. The van der Waals surface area contributed by atoms with Gasteiger partial charge in [-0.25, -0.2) is 0 Å². The molecule has 0 saturated carbocycles. The highest BCUT2D eigenvalue weighted by atomic mass is 79.9. The topological polar surface area (TPSA) is 30.5 Å². The molecule has 0 spiro atoms. The molecular weight excluding hydrogens is 318 g/mol. The molecule has 0 amide bonds. The van der Waals surface area contributed by atoms with Gasteiger partial charge in [0.1, 0.15) is 0 Å². The van der Waals surface area contributed by atoms with Gasteiger partial charge in [0.15, 0.2) is 0 Å². The summed E-state index contributed by atoms with van der Waals surface area (Å²) in [6.07, 6.45) is 0.889. The minimum Gasteiger partial charge on any atom is -0.379 e. The van der Waals surface area contributed by atoms with Crippen LogP contribution in [0, 0.1) is 0 Å². The van der Waals surface area contributed by atoms with Crippen LogP contribution >= 0.6 is 15.9 Å². The van der Waals surface area contributed by atoms with Crippen LogP contribution in [0.25, 0.3) is 0 Å². The maximum atomic E-state index is 5.73. The van der Waals surface area contributed by atoms with Crippen molar-refractivity contribution < 1.29 is 9.47 Å². The average molecular weight is 344 g/mol. The molecule has 1 aromatic rings. The van der Waals surface area contributed by atoms with Gasteiger partial charge < -0.3 is 14.8 Å². The zero-order chi connectivity index (χ0) is 15.0. The Morgan fingerprint density at radius 2 is 2.05 bits per heavy atom. The summed E-state index contributed by atoms with van der Waals surface area (Å²) in [5.74, 6) is 0. The lowest BCUT2D eigenvalue weighted by molar-refractivity contribution is -0.0125. The van der Waals surface area contributed by atoms with E-state index in [1.807, 2.05) is 0 Å². The highest BCUT2D eigenvalue weighted by molar-refractivity contribution is 9.10. The summed E-state index contributed by atoms with van der Waals surface area (Å²) in [7, 11) is 1.74. The van der Waals surface area contributed by atoms with Gasteiger partial charge in [0, 0.05) is 24.7 Å². The molecule has 0 radical (unpaired) electrons. The smallest absolute Gasteiger partial charge is 0.0727 e. The van der Waals surface area contributed by atoms with Gasteiger partial charge in [-0.2, -0.15) is 0 Å². The molecule has 0 saturated heterocycles. The van der Waals surface area contributed by atoms with E-state index in [9.17, 15) is 0 Å². The summed E-state index contributed by atoms with van der Waals surface area (Å²) in [5, 5.41) is 3.32. The van der Waals surface area contributed by atoms with Crippen LogP contribution in [0.4, 0.5) is 0 Å². The Bertz CT molecular complexity index is 407. The highest BCUT2D eigenvalue weighted by Crippen LogP contribution is 2.20. The Morgan fingerprint density at radius 3 is 2.65 bits per heavy atom. The van der Waals surface area contributed by atoms with Gasteiger partial charge in [-0.3, -0.25) is 0 Å². The van der Waals surface area contributed by atoms with Crippen LogP contribution in [-0.4, -0.2) is 25.9 Å². The van der Waals surface area contributed by atoms with Crippen LogP contribution < -0.4 is 5.32 Å². The maximum Gasteiger partial charge on any atom is 0.0727 e. The Morgan fingerprint density at radius 1 is 1.30 bits per heavy atom. The summed E-state index contributed by atoms with van der Waals surface area (Å²) >= 11 is 3.61. The van der Waals surface area contributed by atoms with Crippen molar-refractivity contribution in [3.63, 3.8) is 0 Å². The molecule has 0 aliphatic heterocycles. The standard InChI is InChI=1S/C16H26BrNO2/c1-5-18-11-13-6-7-14(15(17)10-13)12-20-9-8-16(2,3)19-4/h6-7,10,18H,5,8-9,11-12H2,1-4H3. The van der Waals surface area contributed by atoms with Gasteiger partial charge in [-0.1, -0.05) is 35.0 Å². The van der Waals surface area contributed by atoms with Crippen LogP contribution in [0.5, 0.6) is 0 Å². The van der Waals surface area contributed by atoms with E-state index in [4.69, 9.17) is 9.47 Å². The summed E-state index contributed by atoms with van der Waals surface area (Å²) < 4.78 is 12.2. The molecule has 3 nitrogen and oxygen atoms in total. The molecule has 1 N–H and O–H groups in total. The lowest BCUT2D eigenvalue weighted by Gasteiger charge is -2.22. The summed E-state index contributed by atoms with van der Waals surface area (Å²) in [6, 6.07) is 6.42. The number of halogens is 1. The molecule has 0 bridgehead atoms. The normalized spacial score (nSPS) is 11.8. The van der Waals surface area contributed by atoms with Crippen LogP contribution in [0.3, 0.4) is 0 Å². The third kappa shape index (κ3) is 6.35. The molecule has 0 unspecified atom stereocenters. The fourth-order valence-electron chi connectivity index (χ4n) is 1.69. The van der Waals surface area contributed by atoms with Crippen molar-refractivity contribution in [3.05, 3.63) is 33.8 Å². The predicted molar refractivity (Wildman–Crippen MR) is 86.9 cm³/mol. The second-order valence-electron chi connectivity index (χ2n) is 5.47. The van der Waals surface area contributed by atoms with E-state index in [1.165, 1.54) is 11.1 Å². The third-order valence-corrected chi connectivity index (χ3v) is 4.09. The molecule has 0 heterocycles. The van der Waals surface area contributed by atoms with Crippen molar-refractivity contribution in [1.29, 1.82) is 0 Å². The van der Waals surface area contributed by atoms with Crippen molar-refractivity contribution in [2.75, 3.05) is 20.3 Å². The third-order valence-electron chi connectivity index (χ3n) is 3.36. The minimum absolute atomic E-state index is 0.118. The fraction of sp³-hybridized carbons (Fsp3) is 0.625. The molecule has 20 heavy (non-hydrogen) atoms. The lowest BCUT2D eigenvalue weighted by Crippen LogP contribution is -2.24. The first-order valence-electron chi connectivity index (χ1n) is 7.09. The summed E-state index contributed by atoms with van der Waals surface area (Å²) in [5.41, 5.74) is 2.34. The van der Waals surface area contributed by atoms with Gasteiger partial charge in [-0.15, -0.1) is 0 Å². The van der Waals surface area contributed by atoms with Gasteiger partial charge in [0.25, 0.3) is 0 Å². The Kier molecular flexibility index (Phi) is 7.74. The van der Waals surface area contributed by atoms with Gasteiger partial charge >= 0.3 is 0 Å². The van der Waals surface area contributed by atoms with Crippen molar-refractivity contribution in [2.45, 2.75) is 45.9 Å². The number of nitrogens with one attached hydrogen (secondary N) is 1. The lowest BCUT2D eigenvalue weighted by atomic mass is 10.1. The van der Waals surface area contributed by atoms with Crippen molar-refractivity contribution in [1.82, 2.24) is 5.32 Å². The van der Waals surface area contributed by atoms with Crippen molar-refractivity contribution in [2.24, 2.45) is 0 Å². The molecule has 1 rings (SSSR count). The first kappa shape index (κ1) is 17.6. The first-order valence-corrected chi connectivity index (χ1v) is 7.88. The van der Waals surface area contributed by atoms with Crippen LogP contribution in [0.1, 0.15) is 38.3 Å². The van der Waals surface area contributed by atoms with Crippen LogP contribution in [0.15, 0.2) is 22.7 Å². The Labute approximate surface area is 131 Å². The van der Waals surface area contributed by atoms with Crippen molar-refractivity contribution in [3.8, 4) is 0 Å². The first-order chi connectivity index (χ1) is 9.48. The molecule has 114 valence electrons. The second-order valence-corrected chi connectivity index (χ2v) is 6.33. The number of rotatable bonds is 9. The van der Waals surface area contributed by atoms with E-state index >= 15 is 0 Å². The van der Waals surface area contributed by atoms with Gasteiger partial charge in [-0.05, 0) is 44.0 Å². The zero-order valence-electron chi connectivity index (χ0n) is 13.0. The van der Waals surface area contributed by atoms with E-state index in [0.29, 0.717) is 13.2 Å². The number of ether oxygens (including phenoxy) is 2. The number of hydrogen-bond acceptors (Lipinski definition) is 3. The molecule has 0 aromatic heterocycles. The Hall–Kier alpha value is -0.420. The number of methoxy groups -OCH3 is 1. The molecule has 0 aliphatic carbocycles. The zero-order valence-corrected chi connectivity index (χ0v) is 14.5. The molecule has 0 fully saturated rings. The van der Waals surface area contributed by atoms with E-state index in [2.05, 4.69) is 60.2 Å². The quantitative estimate of drug-likeness (QED) is 0.690. The van der Waals surface area contributed by atoms with E-state index in [1.54, 1.807) is 7.11 Å². The number of hydrogen-bond donors (Lipinski definition) is 1. The fourth-order valence-corrected chi connectivity index (χ4v) is 2.23. The SMILES string of the molecule is CCNCc1ccc(COCCC(C)(C)OC)c(Br)c1. The number of benzene rings is 1. The molecule has 0 aliphatic rings. The predicted octanol–water partition coefficient (Wildman–Crippen LogP) is 3.89. The molecular formula is C16H26BrNO2. The van der Waals surface area contributed by atoms with Gasteiger partial charge in [0.05, 0.1) is 12.2 Å². The molecule has 0 atom stereocenters. The second kappa shape index (κ2) is 8.78. The van der Waals surface area contributed by atoms with Gasteiger partial charge in [0.2, 0.25) is 0 Å². The highest BCUT2D eigenvalue weighted by Gasteiger charge is 2.15.